The quantitative estimate of drug-likeness (QED) is 0.445. The van der Waals surface area contributed by atoms with E-state index in [1.54, 1.807) is 36.1 Å². The summed E-state index contributed by atoms with van der Waals surface area (Å²) < 4.78 is 6.87. The zero-order valence-electron chi connectivity index (χ0n) is 20.8. The van der Waals surface area contributed by atoms with Crippen molar-refractivity contribution >= 4 is 35.0 Å². The summed E-state index contributed by atoms with van der Waals surface area (Å²) in [6, 6.07) is 16.1. The minimum absolute atomic E-state index is 0.160. The molecule has 0 atom stereocenters. The van der Waals surface area contributed by atoms with Crippen LogP contribution >= 0.6 is 11.6 Å². The molecule has 3 amide bonds. The van der Waals surface area contributed by atoms with Crippen molar-refractivity contribution < 1.29 is 14.3 Å². The average molecular weight is 498 g/mol. The van der Waals surface area contributed by atoms with E-state index >= 15 is 0 Å². The monoisotopic (exact) mass is 497 g/mol. The van der Waals surface area contributed by atoms with E-state index in [9.17, 15) is 9.59 Å². The number of carbonyl (C=O) groups is 2. The molecule has 2 aromatic carbocycles. The number of benzene rings is 2. The Balaban J connectivity index is 1.81. The maximum absolute atomic E-state index is 13.1. The van der Waals surface area contributed by atoms with E-state index in [2.05, 4.69) is 31.4 Å². The molecule has 9 heteroatoms. The van der Waals surface area contributed by atoms with Crippen LogP contribution in [0.2, 0.25) is 5.02 Å². The molecule has 0 fully saturated rings. The predicted molar refractivity (Wildman–Crippen MR) is 140 cm³/mol. The van der Waals surface area contributed by atoms with Gasteiger partial charge in [-0.3, -0.25) is 4.79 Å². The highest BCUT2D eigenvalue weighted by molar-refractivity contribution is 6.30. The molecular weight excluding hydrogens is 466 g/mol. The van der Waals surface area contributed by atoms with Crippen molar-refractivity contribution in [3.05, 3.63) is 70.9 Å². The van der Waals surface area contributed by atoms with Crippen molar-refractivity contribution in [2.24, 2.45) is 0 Å². The Labute approximate surface area is 211 Å². The van der Waals surface area contributed by atoms with E-state index in [1.165, 1.54) is 4.90 Å². The normalized spacial score (nSPS) is 11.3. The molecule has 0 spiro atoms. The summed E-state index contributed by atoms with van der Waals surface area (Å²) in [5, 5.41) is 11.1. The minimum Gasteiger partial charge on any atom is -0.383 e. The van der Waals surface area contributed by atoms with E-state index in [4.69, 9.17) is 21.4 Å². The maximum Gasteiger partial charge on any atom is 0.322 e. The molecular formula is C26H32ClN5O3. The van der Waals surface area contributed by atoms with Gasteiger partial charge in [-0.25, -0.2) is 9.48 Å². The molecule has 0 saturated carbocycles. The number of nitrogens with one attached hydrogen (secondary N) is 2. The lowest BCUT2D eigenvalue weighted by Crippen LogP contribution is -2.42. The average Bonchev–Trinajstić information content (AvgIpc) is 3.22. The molecule has 186 valence electrons. The van der Waals surface area contributed by atoms with Crippen molar-refractivity contribution in [3.63, 3.8) is 0 Å². The van der Waals surface area contributed by atoms with Crippen LogP contribution < -0.4 is 10.6 Å². The van der Waals surface area contributed by atoms with Gasteiger partial charge in [0.2, 0.25) is 5.91 Å². The van der Waals surface area contributed by atoms with Crippen molar-refractivity contribution in [3.8, 4) is 5.69 Å². The highest BCUT2D eigenvalue weighted by atomic mass is 35.5. The summed E-state index contributed by atoms with van der Waals surface area (Å²) in [5.41, 5.74) is 3.10. The summed E-state index contributed by atoms with van der Waals surface area (Å²) >= 11 is 5.92. The Morgan fingerprint density at radius 3 is 2.40 bits per heavy atom. The number of methoxy groups -OCH3 is 1. The molecule has 0 aliphatic carbocycles. The second-order valence-corrected chi connectivity index (χ2v) is 9.70. The minimum atomic E-state index is -0.415. The molecule has 0 unspecified atom stereocenters. The van der Waals surface area contributed by atoms with Gasteiger partial charge in [0, 0.05) is 35.8 Å². The largest absolute Gasteiger partial charge is 0.383 e. The van der Waals surface area contributed by atoms with Crippen LogP contribution in [0.15, 0.2) is 54.6 Å². The van der Waals surface area contributed by atoms with Crippen LogP contribution in [0, 0.1) is 6.92 Å². The van der Waals surface area contributed by atoms with E-state index in [0.717, 1.165) is 16.9 Å². The van der Waals surface area contributed by atoms with Crippen molar-refractivity contribution in [1.29, 1.82) is 0 Å². The SMILES string of the molecule is COCCN(CC(=O)Nc1cc(C(C)(C)C)nn1-c1ccccc1C)C(=O)Nc1ccc(Cl)cc1. The molecule has 0 radical (unpaired) electrons. The number of amides is 3. The number of aryl methyl sites for hydroxylation is 1. The number of hydrogen-bond acceptors (Lipinski definition) is 4. The van der Waals surface area contributed by atoms with Gasteiger partial charge >= 0.3 is 6.03 Å². The number of para-hydroxylation sites is 1. The second-order valence-electron chi connectivity index (χ2n) is 9.26. The smallest absolute Gasteiger partial charge is 0.322 e. The maximum atomic E-state index is 13.1. The highest BCUT2D eigenvalue weighted by Gasteiger charge is 2.23. The number of hydrogen-bond donors (Lipinski definition) is 2. The molecule has 3 aromatic rings. The number of urea groups is 1. The zero-order chi connectivity index (χ0) is 25.6. The van der Waals surface area contributed by atoms with Crippen LogP contribution in [0.25, 0.3) is 5.69 Å². The van der Waals surface area contributed by atoms with Gasteiger partial charge in [0.15, 0.2) is 0 Å². The molecule has 0 bridgehead atoms. The fourth-order valence-corrected chi connectivity index (χ4v) is 3.49. The third-order valence-electron chi connectivity index (χ3n) is 5.37. The van der Waals surface area contributed by atoms with E-state index < -0.39 is 6.03 Å². The molecule has 35 heavy (non-hydrogen) atoms. The molecule has 1 aromatic heterocycles. The number of aromatic nitrogens is 2. The zero-order valence-corrected chi connectivity index (χ0v) is 21.5. The lowest BCUT2D eigenvalue weighted by atomic mass is 9.92. The van der Waals surface area contributed by atoms with Crippen LogP contribution in [0.5, 0.6) is 0 Å². The van der Waals surface area contributed by atoms with Crippen molar-refractivity contribution in [1.82, 2.24) is 14.7 Å². The van der Waals surface area contributed by atoms with Gasteiger partial charge in [-0.2, -0.15) is 5.10 Å². The number of anilines is 2. The number of ether oxygens (including phenoxy) is 1. The molecule has 8 nitrogen and oxygen atoms in total. The molecule has 3 rings (SSSR count). The van der Waals surface area contributed by atoms with Gasteiger partial charge in [0.25, 0.3) is 0 Å². The van der Waals surface area contributed by atoms with Crippen LogP contribution in [-0.2, 0) is 14.9 Å². The number of carbonyl (C=O) groups excluding carboxylic acids is 2. The molecule has 0 aliphatic heterocycles. The van der Waals surface area contributed by atoms with Crippen molar-refractivity contribution in [2.75, 3.05) is 37.4 Å². The number of nitrogens with zero attached hydrogens (tertiary/aromatic N) is 3. The molecule has 0 aliphatic rings. The third-order valence-corrected chi connectivity index (χ3v) is 5.62. The molecule has 1 heterocycles. The van der Waals surface area contributed by atoms with Gasteiger partial charge in [0.1, 0.15) is 12.4 Å². The first-order valence-corrected chi connectivity index (χ1v) is 11.7. The second kappa shape index (κ2) is 11.4. The highest BCUT2D eigenvalue weighted by Crippen LogP contribution is 2.27. The van der Waals surface area contributed by atoms with Gasteiger partial charge in [-0.15, -0.1) is 0 Å². The Hall–Kier alpha value is -3.36. The van der Waals surface area contributed by atoms with E-state index in [-0.39, 0.29) is 31.0 Å². The Bertz CT molecular complexity index is 1170. The Morgan fingerprint density at radius 2 is 1.77 bits per heavy atom. The van der Waals surface area contributed by atoms with Gasteiger partial charge in [-0.1, -0.05) is 50.6 Å². The lowest BCUT2D eigenvalue weighted by molar-refractivity contribution is -0.116. The van der Waals surface area contributed by atoms with Gasteiger partial charge in [0.05, 0.1) is 18.0 Å². The first-order valence-electron chi connectivity index (χ1n) is 11.4. The van der Waals surface area contributed by atoms with Gasteiger partial charge in [-0.05, 0) is 42.8 Å². The third kappa shape index (κ3) is 7.07. The fourth-order valence-electron chi connectivity index (χ4n) is 3.37. The standard InChI is InChI=1S/C26H32ClN5O3/c1-18-8-6-7-9-21(18)32-23(16-22(30-32)26(2,3)4)29-24(33)17-31(14-15-35-5)25(34)28-20-12-10-19(27)11-13-20/h6-13,16H,14-15,17H2,1-5H3,(H,28,34)(H,29,33). The summed E-state index contributed by atoms with van der Waals surface area (Å²) in [5.74, 6) is 0.196. The molecule has 2 N–H and O–H groups in total. The number of rotatable bonds is 8. The topological polar surface area (TPSA) is 88.5 Å². The molecule has 0 saturated heterocycles. The fraction of sp³-hybridized carbons (Fsp3) is 0.346. The predicted octanol–water partition coefficient (Wildman–Crippen LogP) is 5.25. The Kier molecular flexibility index (Phi) is 8.53. The first kappa shape index (κ1) is 26.2. The van der Waals surface area contributed by atoms with Crippen LogP contribution in [-0.4, -0.2) is 53.4 Å². The summed E-state index contributed by atoms with van der Waals surface area (Å²) in [4.78, 5) is 27.4. The summed E-state index contributed by atoms with van der Waals surface area (Å²) in [6.45, 7) is 8.56. The van der Waals surface area contributed by atoms with E-state index in [0.29, 0.717) is 16.5 Å². The van der Waals surface area contributed by atoms with Crippen LogP contribution in [0.3, 0.4) is 0 Å². The first-order chi connectivity index (χ1) is 16.6. The summed E-state index contributed by atoms with van der Waals surface area (Å²) in [6.07, 6.45) is 0. The van der Waals surface area contributed by atoms with Crippen LogP contribution in [0.1, 0.15) is 32.0 Å². The van der Waals surface area contributed by atoms with Crippen LogP contribution in [0.4, 0.5) is 16.3 Å². The number of halogens is 1. The van der Waals surface area contributed by atoms with Gasteiger partial charge < -0.3 is 20.3 Å². The van der Waals surface area contributed by atoms with E-state index in [1.807, 2.05) is 37.3 Å². The van der Waals surface area contributed by atoms with Crippen molar-refractivity contribution in [2.45, 2.75) is 33.1 Å². The summed E-state index contributed by atoms with van der Waals surface area (Å²) in [7, 11) is 1.55. The lowest BCUT2D eigenvalue weighted by Gasteiger charge is -2.22. The Morgan fingerprint density at radius 1 is 1.09 bits per heavy atom.